The topological polar surface area (TPSA) is 50.5 Å². The van der Waals surface area contributed by atoms with Gasteiger partial charge in [-0.1, -0.05) is 0 Å². The summed E-state index contributed by atoms with van der Waals surface area (Å²) in [7, 11) is 4.10. The Balaban J connectivity index is 2.24. The third-order valence-electron chi connectivity index (χ3n) is 3.63. The first kappa shape index (κ1) is 13.9. The van der Waals surface area contributed by atoms with E-state index in [0.29, 0.717) is 18.2 Å². The Labute approximate surface area is 114 Å². The number of hydrogen-bond donors (Lipinski definition) is 1. The quantitative estimate of drug-likeness (QED) is 0.890. The van der Waals surface area contributed by atoms with Crippen molar-refractivity contribution in [2.75, 3.05) is 32.1 Å². The van der Waals surface area contributed by atoms with Crippen LogP contribution in [0.3, 0.4) is 0 Å². The van der Waals surface area contributed by atoms with Gasteiger partial charge in [-0.25, -0.2) is 0 Å². The summed E-state index contributed by atoms with van der Waals surface area (Å²) in [6.45, 7) is 3.55. The van der Waals surface area contributed by atoms with Crippen molar-refractivity contribution < 1.29 is 5.11 Å². The van der Waals surface area contributed by atoms with Gasteiger partial charge in [-0.15, -0.1) is 0 Å². The number of aryl methyl sites for hydroxylation is 1. The minimum atomic E-state index is -0.263. The van der Waals surface area contributed by atoms with Gasteiger partial charge >= 0.3 is 0 Å². The number of benzene rings is 1. The molecule has 1 fully saturated rings. The number of nitriles is 1. The van der Waals surface area contributed by atoms with Gasteiger partial charge < -0.3 is 14.9 Å². The van der Waals surface area contributed by atoms with Gasteiger partial charge in [-0.3, -0.25) is 0 Å². The molecule has 1 aromatic carbocycles. The molecule has 1 aliphatic heterocycles. The lowest BCUT2D eigenvalue weighted by molar-refractivity contribution is 0.191. The average molecular weight is 259 g/mol. The molecule has 1 aromatic rings. The van der Waals surface area contributed by atoms with Crippen LogP contribution in [0.4, 0.5) is 5.69 Å². The summed E-state index contributed by atoms with van der Waals surface area (Å²) < 4.78 is 0. The highest BCUT2D eigenvalue weighted by atomic mass is 16.3. The summed E-state index contributed by atoms with van der Waals surface area (Å²) in [5.74, 6) is 0. The second kappa shape index (κ2) is 5.60. The van der Waals surface area contributed by atoms with Crippen LogP contribution in [0.5, 0.6) is 0 Å². The van der Waals surface area contributed by atoms with E-state index in [1.807, 2.05) is 39.2 Å². The molecule has 4 heteroatoms. The van der Waals surface area contributed by atoms with Crippen LogP contribution in [-0.4, -0.2) is 49.3 Å². The van der Waals surface area contributed by atoms with Crippen LogP contribution in [0.2, 0.25) is 0 Å². The van der Waals surface area contributed by atoms with E-state index in [9.17, 15) is 5.11 Å². The summed E-state index contributed by atoms with van der Waals surface area (Å²) in [4.78, 5) is 4.39. The van der Waals surface area contributed by atoms with Crippen molar-refractivity contribution in [3.63, 3.8) is 0 Å². The number of aliphatic hydroxyl groups excluding tert-OH is 1. The Bertz CT molecular complexity index is 493. The molecule has 0 saturated carbocycles. The molecule has 0 radical (unpaired) electrons. The van der Waals surface area contributed by atoms with Gasteiger partial charge in [0.1, 0.15) is 0 Å². The number of rotatable bonds is 3. The lowest BCUT2D eigenvalue weighted by Crippen LogP contribution is -2.37. The zero-order chi connectivity index (χ0) is 14.0. The normalized spacial score (nSPS) is 22.8. The molecular formula is C15H21N3O. The minimum absolute atomic E-state index is 0.263. The van der Waals surface area contributed by atoms with Crippen molar-refractivity contribution in [1.29, 1.82) is 5.26 Å². The Kier molecular flexibility index (Phi) is 4.08. The summed E-state index contributed by atoms with van der Waals surface area (Å²) in [5, 5.41) is 18.9. The van der Waals surface area contributed by atoms with Crippen molar-refractivity contribution in [1.82, 2.24) is 4.90 Å². The van der Waals surface area contributed by atoms with Crippen LogP contribution in [0.25, 0.3) is 0 Å². The largest absolute Gasteiger partial charge is 0.391 e. The Morgan fingerprint density at radius 1 is 1.47 bits per heavy atom. The molecule has 0 amide bonds. The molecule has 2 unspecified atom stereocenters. The smallest absolute Gasteiger partial charge is 0.0994 e. The second-order valence-corrected chi connectivity index (χ2v) is 5.57. The third-order valence-corrected chi connectivity index (χ3v) is 3.63. The van der Waals surface area contributed by atoms with E-state index in [1.54, 1.807) is 0 Å². The maximum absolute atomic E-state index is 9.90. The first-order valence-corrected chi connectivity index (χ1v) is 6.61. The number of aliphatic hydroxyl groups is 1. The number of likely N-dealkylation sites (N-methyl/N-ethyl adjacent to an activating group) is 1. The molecule has 4 nitrogen and oxygen atoms in total. The van der Waals surface area contributed by atoms with Gasteiger partial charge in [0.2, 0.25) is 0 Å². The monoisotopic (exact) mass is 259 g/mol. The highest BCUT2D eigenvalue weighted by molar-refractivity contribution is 5.55. The van der Waals surface area contributed by atoms with Gasteiger partial charge in [0.25, 0.3) is 0 Å². The molecule has 0 bridgehead atoms. The fourth-order valence-electron chi connectivity index (χ4n) is 2.75. The van der Waals surface area contributed by atoms with Crippen LogP contribution in [-0.2, 0) is 0 Å². The van der Waals surface area contributed by atoms with Crippen molar-refractivity contribution in [3.05, 3.63) is 29.3 Å². The molecule has 0 spiro atoms. The molecule has 0 aliphatic carbocycles. The minimum Gasteiger partial charge on any atom is -0.391 e. The first-order chi connectivity index (χ1) is 9.01. The maximum atomic E-state index is 9.90. The molecule has 2 rings (SSSR count). The Morgan fingerprint density at radius 3 is 2.79 bits per heavy atom. The number of anilines is 1. The van der Waals surface area contributed by atoms with Gasteiger partial charge in [0.15, 0.2) is 0 Å². The van der Waals surface area contributed by atoms with Crippen LogP contribution in [0.15, 0.2) is 18.2 Å². The third kappa shape index (κ3) is 3.06. The van der Waals surface area contributed by atoms with Gasteiger partial charge in [0, 0.05) is 24.8 Å². The zero-order valence-corrected chi connectivity index (χ0v) is 11.8. The summed E-state index contributed by atoms with van der Waals surface area (Å²) in [6.07, 6.45) is 0.540. The molecule has 19 heavy (non-hydrogen) atoms. The van der Waals surface area contributed by atoms with Gasteiger partial charge in [-0.05, 0) is 51.2 Å². The first-order valence-electron chi connectivity index (χ1n) is 6.61. The number of β-amino-alcohol motifs (C(OH)–C–C–N with tert-alkyl or cyclic N) is 1. The second-order valence-electron chi connectivity index (χ2n) is 5.57. The standard InChI is InChI=1S/C15H21N3O/c1-11-6-13(5-4-12(11)8-16)18-10-15(19)7-14(18)9-17(2)3/h4-6,14-15,19H,7,9-10H2,1-3H3. The molecule has 102 valence electrons. The van der Waals surface area contributed by atoms with Crippen LogP contribution in [0.1, 0.15) is 17.5 Å². The van der Waals surface area contributed by atoms with E-state index < -0.39 is 0 Å². The van der Waals surface area contributed by atoms with Crippen LogP contribution < -0.4 is 4.90 Å². The molecular weight excluding hydrogens is 238 g/mol. The van der Waals surface area contributed by atoms with E-state index in [1.165, 1.54) is 0 Å². The van der Waals surface area contributed by atoms with E-state index >= 15 is 0 Å². The molecule has 1 aliphatic rings. The Hall–Kier alpha value is -1.57. The fourth-order valence-corrected chi connectivity index (χ4v) is 2.75. The van der Waals surface area contributed by atoms with Crippen molar-refractivity contribution in [2.24, 2.45) is 0 Å². The van der Waals surface area contributed by atoms with E-state index in [-0.39, 0.29) is 6.10 Å². The van der Waals surface area contributed by atoms with Gasteiger partial charge in [0.05, 0.1) is 17.7 Å². The van der Waals surface area contributed by atoms with Crippen molar-refractivity contribution in [2.45, 2.75) is 25.5 Å². The lowest BCUT2D eigenvalue weighted by Gasteiger charge is -2.29. The van der Waals surface area contributed by atoms with E-state index in [4.69, 9.17) is 5.26 Å². The molecule has 1 heterocycles. The molecule has 2 atom stereocenters. The van der Waals surface area contributed by atoms with Crippen molar-refractivity contribution in [3.8, 4) is 6.07 Å². The van der Waals surface area contributed by atoms with E-state index in [0.717, 1.165) is 24.2 Å². The SMILES string of the molecule is Cc1cc(N2CC(O)CC2CN(C)C)ccc1C#N. The lowest BCUT2D eigenvalue weighted by atomic mass is 10.1. The maximum Gasteiger partial charge on any atom is 0.0994 e. The van der Waals surface area contributed by atoms with E-state index in [2.05, 4.69) is 15.9 Å². The van der Waals surface area contributed by atoms with Crippen LogP contribution >= 0.6 is 0 Å². The average Bonchev–Trinajstić information content (AvgIpc) is 2.69. The Morgan fingerprint density at radius 2 is 2.21 bits per heavy atom. The predicted octanol–water partition coefficient (Wildman–Crippen LogP) is 1.37. The summed E-state index contributed by atoms with van der Waals surface area (Å²) in [5.41, 5.74) is 2.80. The highest BCUT2D eigenvalue weighted by Crippen LogP contribution is 2.27. The summed E-state index contributed by atoms with van der Waals surface area (Å²) in [6, 6.07) is 8.40. The fraction of sp³-hybridized carbons (Fsp3) is 0.533. The summed E-state index contributed by atoms with van der Waals surface area (Å²) >= 11 is 0. The highest BCUT2D eigenvalue weighted by Gasteiger charge is 2.31. The molecule has 0 aromatic heterocycles. The van der Waals surface area contributed by atoms with Crippen LogP contribution in [0, 0.1) is 18.3 Å². The van der Waals surface area contributed by atoms with Crippen molar-refractivity contribution >= 4 is 5.69 Å². The number of hydrogen-bond acceptors (Lipinski definition) is 4. The molecule has 1 saturated heterocycles. The predicted molar refractivity (Wildman–Crippen MR) is 76.2 cm³/mol. The zero-order valence-electron chi connectivity index (χ0n) is 11.8. The van der Waals surface area contributed by atoms with Gasteiger partial charge in [-0.2, -0.15) is 5.26 Å². The molecule has 1 N–H and O–H groups in total. The number of nitrogens with zero attached hydrogens (tertiary/aromatic N) is 3.